The fourth-order valence-electron chi connectivity index (χ4n) is 2.03. The summed E-state index contributed by atoms with van der Waals surface area (Å²) in [6.07, 6.45) is 0.278. The fraction of sp³-hybridized carbons (Fsp3) is 0.0625. The van der Waals surface area contributed by atoms with E-state index < -0.39 is 0 Å². The van der Waals surface area contributed by atoms with Gasteiger partial charge in [0.2, 0.25) is 5.95 Å². The lowest BCUT2D eigenvalue weighted by Crippen LogP contribution is -2.18. The molecule has 0 spiro atoms. The molecule has 0 aliphatic rings. The molecule has 0 aliphatic carbocycles. The Kier molecular flexibility index (Phi) is 4.34. The van der Waals surface area contributed by atoms with Crippen LogP contribution in [0.1, 0.15) is 11.3 Å². The maximum absolute atomic E-state index is 12.9. The summed E-state index contributed by atoms with van der Waals surface area (Å²) in [5, 5.41) is 11.4. The molecule has 0 unspecified atom stereocenters. The molecule has 1 heterocycles. The molecule has 3 aromatic rings. The summed E-state index contributed by atoms with van der Waals surface area (Å²) < 4.78 is 12.9. The van der Waals surface area contributed by atoms with Crippen molar-refractivity contribution in [2.45, 2.75) is 6.42 Å². The van der Waals surface area contributed by atoms with E-state index in [1.807, 2.05) is 0 Å². The van der Waals surface area contributed by atoms with Crippen molar-refractivity contribution >= 4 is 23.2 Å². The van der Waals surface area contributed by atoms with Crippen LogP contribution in [0.4, 0.5) is 16.0 Å². The number of hydrogen-bond donors (Lipinski definition) is 2. The molecule has 0 amide bonds. The number of halogens is 2. The van der Waals surface area contributed by atoms with Crippen LogP contribution in [0.2, 0.25) is 5.02 Å². The van der Waals surface area contributed by atoms with Gasteiger partial charge in [-0.25, -0.2) is 4.39 Å². The predicted molar refractivity (Wildman–Crippen MR) is 86.6 cm³/mol. The smallest absolute Gasteiger partial charge is 0.274 e. The minimum Gasteiger partial charge on any atom is -0.324 e. The second kappa shape index (κ2) is 6.58. The van der Waals surface area contributed by atoms with Crippen LogP contribution in [0.25, 0.3) is 0 Å². The summed E-state index contributed by atoms with van der Waals surface area (Å²) in [6.45, 7) is 0. The van der Waals surface area contributed by atoms with E-state index in [4.69, 9.17) is 11.6 Å². The van der Waals surface area contributed by atoms with Gasteiger partial charge in [0.15, 0.2) is 0 Å². The van der Waals surface area contributed by atoms with Gasteiger partial charge in [0, 0.05) is 17.1 Å². The van der Waals surface area contributed by atoms with Gasteiger partial charge in [0.25, 0.3) is 5.56 Å². The average molecular weight is 331 g/mol. The van der Waals surface area contributed by atoms with Gasteiger partial charge in [-0.3, -0.25) is 9.78 Å². The van der Waals surface area contributed by atoms with Crippen molar-refractivity contribution in [1.29, 1.82) is 0 Å². The van der Waals surface area contributed by atoms with Crippen LogP contribution in [0, 0.1) is 5.82 Å². The highest BCUT2D eigenvalue weighted by Crippen LogP contribution is 2.17. The van der Waals surface area contributed by atoms with E-state index in [1.54, 1.807) is 36.4 Å². The molecule has 5 nitrogen and oxygen atoms in total. The fourth-order valence-corrected chi connectivity index (χ4v) is 2.22. The number of rotatable bonds is 4. The quantitative estimate of drug-likeness (QED) is 0.770. The molecule has 7 heteroatoms. The van der Waals surface area contributed by atoms with Crippen molar-refractivity contribution in [3.8, 4) is 0 Å². The van der Waals surface area contributed by atoms with Crippen molar-refractivity contribution in [2.24, 2.45) is 0 Å². The molecule has 2 aromatic carbocycles. The third-order valence-corrected chi connectivity index (χ3v) is 3.37. The molecule has 0 saturated carbocycles. The van der Waals surface area contributed by atoms with Crippen LogP contribution in [-0.4, -0.2) is 15.2 Å². The SMILES string of the molecule is O=c1[nH]c(Nc2cccc(Cl)c2)nnc1Cc1ccc(F)cc1. The first-order valence-corrected chi connectivity index (χ1v) is 7.21. The maximum Gasteiger partial charge on any atom is 0.274 e. The van der Waals surface area contributed by atoms with Crippen molar-refractivity contribution in [3.63, 3.8) is 0 Å². The summed E-state index contributed by atoms with van der Waals surface area (Å²) in [4.78, 5) is 14.7. The summed E-state index contributed by atoms with van der Waals surface area (Å²) in [6, 6.07) is 12.9. The van der Waals surface area contributed by atoms with E-state index in [9.17, 15) is 9.18 Å². The Morgan fingerprint density at radius 1 is 1.13 bits per heavy atom. The van der Waals surface area contributed by atoms with Crippen LogP contribution < -0.4 is 10.9 Å². The van der Waals surface area contributed by atoms with Crippen LogP contribution in [-0.2, 0) is 6.42 Å². The Bertz CT molecular complexity index is 880. The molecule has 23 heavy (non-hydrogen) atoms. The number of nitrogens with zero attached hydrogens (tertiary/aromatic N) is 2. The normalized spacial score (nSPS) is 10.5. The number of H-pyrrole nitrogens is 1. The highest BCUT2D eigenvalue weighted by molar-refractivity contribution is 6.30. The van der Waals surface area contributed by atoms with E-state index >= 15 is 0 Å². The molecule has 1 aromatic heterocycles. The van der Waals surface area contributed by atoms with Crippen molar-refractivity contribution in [3.05, 3.63) is 81.0 Å². The molecule has 0 fully saturated rings. The monoisotopic (exact) mass is 330 g/mol. The average Bonchev–Trinajstić information content (AvgIpc) is 2.52. The Labute approximate surface area is 136 Å². The zero-order valence-corrected chi connectivity index (χ0v) is 12.6. The summed E-state index contributed by atoms with van der Waals surface area (Å²) >= 11 is 5.89. The van der Waals surface area contributed by atoms with E-state index in [1.165, 1.54) is 12.1 Å². The van der Waals surface area contributed by atoms with Gasteiger partial charge >= 0.3 is 0 Å². The topological polar surface area (TPSA) is 70.7 Å². The summed E-state index contributed by atoms with van der Waals surface area (Å²) in [7, 11) is 0. The lowest BCUT2D eigenvalue weighted by molar-refractivity contribution is 0.627. The molecule has 0 saturated heterocycles. The van der Waals surface area contributed by atoms with Crippen LogP contribution >= 0.6 is 11.6 Å². The Morgan fingerprint density at radius 2 is 1.91 bits per heavy atom. The first-order chi connectivity index (χ1) is 11.1. The molecule has 2 N–H and O–H groups in total. The number of benzene rings is 2. The molecule has 0 aliphatic heterocycles. The third-order valence-electron chi connectivity index (χ3n) is 3.14. The molecular weight excluding hydrogens is 319 g/mol. The van der Waals surface area contributed by atoms with Gasteiger partial charge in [-0.15, -0.1) is 10.2 Å². The van der Waals surface area contributed by atoms with Crippen LogP contribution in [0.3, 0.4) is 0 Å². The van der Waals surface area contributed by atoms with E-state index in [0.29, 0.717) is 10.7 Å². The third kappa shape index (κ3) is 3.92. The lowest BCUT2D eigenvalue weighted by atomic mass is 10.1. The Hall–Kier alpha value is -2.73. The van der Waals surface area contributed by atoms with E-state index in [0.717, 1.165) is 5.56 Å². The van der Waals surface area contributed by atoms with Crippen molar-refractivity contribution < 1.29 is 4.39 Å². The van der Waals surface area contributed by atoms with E-state index in [2.05, 4.69) is 20.5 Å². The van der Waals surface area contributed by atoms with E-state index in [-0.39, 0.29) is 29.4 Å². The highest BCUT2D eigenvalue weighted by atomic mass is 35.5. The number of anilines is 2. The summed E-state index contributed by atoms with van der Waals surface area (Å²) in [5.74, 6) is -0.102. The van der Waals surface area contributed by atoms with Crippen LogP contribution in [0.15, 0.2) is 53.3 Å². The van der Waals surface area contributed by atoms with Crippen molar-refractivity contribution in [1.82, 2.24) is 15.2 Å². The lowest BCUT2D eigenvalue weighted by Gasteiger charge is -2.06. The van der Waals surface area contributed by atoms with Gasteiger partial charge < -0.3 is 5.32 Å². The van der Waals surface area contributed by atoms with Crippen LogP contribution in [0.5, 0.6) is 0 Å². The molecule has 0 atom stereocenters. The molecule has 3 rings (SSSR count). The second-order valence-electron chi connectivity index (χ2n) is 4.89. The Balaban J connectivity index is 1.78. The number of aromatic amines is 1. The van der Waals surface area contributed by atoms with Gasteiger partial charge in [-0.1, -0.05) is 29.8 Å². The first kappa shape index (κ1) is 15.2. The first-order valence-electron chi connectivity index (χ1n) is 6.83. The molecular formula is C16H12ClFN4O. The molecule has 0 radical (unpaired) electrons. The highest BCUT2D eigenvalue weighted by Gasteiger charge is 2.07. The largest absolute Gasteiger partial charge is 0.324 e. The minimum absolute atomic E-state index is 0.222. The van der Waals surface area contributed by atoms with Gasteiger partial charge in [0.1, 0.15) is 11.5 Å². The predicted octanol–water partition coefficient (Wildman–Crippen LogP) is 3.29. The maximum atomic E-state index is 12.9. The second-order valence-corrected chi connectivity index (χ2v) is 5.32. The van der Waals surface area contributed by atoms with Gasteiger partial charge in [0.05, 0.1) is 0 Å². The van der Waals surface area contributed by atoms with Gasteiger partial charge in [-0.2, -0.15) is 0 Å². The zero-order valence-electron chi connectivity index (χ0n) is 11.9. The molecule has 116 valence electrons. The summed E-state index contributed by atoms with van der Waals surface area (Å²) in [5.41, 5.74) is 1.37. The standard InChI is InChI=1S/C16H12ClFN4O/c17-11-2-1-3-13(9-11)19-16-20-15(23)14(21-22-16)8-10-4-6-12(18)7-5-10/h1-7,9H,8H2,(H2,19,20,22,23). The van der Waals surface area contributed by atoms with Crippen molar-refractivity contribution in [2.75, 3.05) is 5.32 Å². The number of nitrogens with one attached hydrogen (secondary N) is 2. The minimum atomic E-state index is -0.353. The Morgan fingerprint density at radius 3 is 2.61 bits per heavy atom. The zero-order chi connectivity index (χ0) is 16.2. The number of aromatic nitrogens is 3. The number of hydrogen-bond acceptors (Lipinski definition) is 4. The van der Waals surface area contributed by atoms with Gasteiger partial charge in [-0.05, 0) is 35.9 Å². The molecule has 0 bridgehead atoms.